The van der Waals surface area contributed by atoms with Crippen molar-refractivity contribution >= 4 is 0 Å². The molecule has 1 heterocycles. The second-order valence-corrected chi connectivity index (χ2v) is 3.99. The van der Waals surface area contributed by atoms with Crippen molar-refractivity contribution in [3.8, 4) is 5.75 Å². The van der Waals surface area contributed by atoms with E-state index in [1.807, 2.05) is 25.1 Å². The quantitative estimate of drug-likeness (QED) is 0.627. The van der Waals surface area contributed by atoms with Crippen LogP contribution in [0.2, 0.25) is 0 Å². The van der Waals surface area contributed by atoms with E-state index in [9.17, 15) is 0 Å². The fraction of sp³-hybridized carbons (Fsp3) is 0.231. The highest BCUT2D eigenvalue weighted by molar-refractivity contribution is 5.40. The summed E-state index contributed by atoms with van der Waals surface area (Å²) in [7, 11) is 1.65. The van der Waals surface area contributed by atoms with Crippen molar-refractivity contribution < 1.29 is 4.74 Å². The number of benzene rings is 1. The van der Waals surface area contributed by atoms with Crippen molar-refractivity contribution in [1.82, 2.24) is 15.4 Å². The van der Waals surface area contributed by atoms with Gasteiger partial charge < -0.3 is 4.74 Å². The predicted molar refractivity (Wildman–Crippen MR) is 68.9 cm³/mol. The first-order chi connectivity index (χ1) is 8.76. The van der Waals surface area contributed by atoms with Crippen molar-refractivity contribution in [1.29, 1.82) is 0 Å². The normalized spacial score (nSPS) is 12.2. The van der Waals surface area contributed by atoms with Crippen molar-refractivity contribution in [3.63, 3.8) is 0 Å². The summed E-state index contributed by atoms with van der Waals surface area (Å²) in [6.45, 7) is 2.02. The van der Waals surface area contributed by atoms with Crippen LogP contribution in [0.5, 0.6) is 5.75 Å². The van der Waals surface area contributed by atoms with Gasteiger partial charge >= 0.3 is 0 Å². The molecule has 0 saturated heterocycles. The Morgan fingerprint density at radius 2 is 2.00 bits per heavy atom. The number of ether oxygens (including phenoxy) is 1. The van der Waals surface area contributed by atoms with Gasteiger partial charge in [0.2, 0.25) is 0 Å². The van der Waals surface area contributed by atoms with Crippen LogP contribution < -0.4 is 16.0 Å². The van der Waals surface area contributed by atoms with E-state index in [1.54, 1.807) is 19.5 Å². The zero-order chi connectivity index (χ0) is 13.0. The molecule has 94 valence electrons. The van der Waals surface area contributed by atoms with Crippen LogP contribution >= 0.6 is 0 Å². The van der Waals surface area contributed by atoms with E-state index >= 15 is 0 Å². The maximum atomic E-state index is 5.64. The number of hydrazine groups is 1. The standard InChI is InChI=1S/C13H16N4O/c1-9-5-11(18-2)3-4-12(9)13(17-14)10-6-15-8-16-7-10/h3-8,13,17H,14H2,1-2H3. The van der Waals surface area contributed by atoms with Gasteiger partial charge in [-0.25, -0.2) is 15.4 Å². The Kier molecular flexibility index (Phi) is 3.86. The molecule has 2 rings (SSSR count). The van der Waals surface area contributed by atoms with Crippen LogP contribution in [-0.2, 0) is 0 Å². The van der Waals surface area contributed by atoms with E-state index in [0.717, 1.165) is 22.4 Å². The van der Waals surface area contributed by atoms with Gasteiger partial charge in [0.15, 0.2) is 0 Å². The topological polar surface area (TPSA) is 73.1 Å². The van der Waals surface area contributed by atoms with Crippen LogP contribution in [0, 0.1) is 6.92 Å². The summed E-state index contributed by atoms with van der Waals surface area (Å²) in [5.41, 5.74) is 5.89. The van der Waals surface area contributed by atoms with Crippen molar-refractivity contribution in [2.24, 2.45) is 5.84 Å². The van der Waals surface area contributed by atoms with Crippen LogP contribution in [0.4, 0.5) is 0 Å². The number of hydrogen-bond donors (Lipinski definition) is 2. The van der Waals surface area contributed by atoms with Crippen LogP contribution in [0.3, 0.4) is 0 Å². The Bertz CT molecular complexity index is 516. The van der Waals surface area contributed by atoms with Gasteiger partial charge in [-0.05, 0) is 30.2 Å². The molecular formula is C13H16N4O. The summed E-state index contributed by atoms with van der Waals surface area (Å²) in [4.78, 5) is 8.02. The lowest BCUT2D eigenvalue weighted by atomic mass is 9.97. The summed E-state index contributed by atoms with van der Waals surface area (Å²) in [6, 6.07) is 5.75. The lowest BCUT2D eigenvalue weighted by Crippen LogP contribution is -2.29. The van der Waals surface area contributed by atoms with E-state index < -0.39 is 0 Å². The minimum Gasteiger partial charge on any atom is -0.497 e. The Labute approximate surface area is 106 Å². The third-order valence-electron chi connectivity index (χ3n) is 2.87. The van der Waals surface area contributed by atoms with Gasteiger partial charge in [-0.3, -0.25) is 5.84 Å². The molecule has 0 radical (unpaired) electrons. The Morgan fingerprint density at radius 1 is 1.28 bits per heavy atom. The molecule has 1 aromatic heterocycles. The molecule has 5 heteroatoms. The molecule has 1 atom stereocenters. The zero-order valence-electron chi connectivity index (χ0n) is 10.4. The van der Waals surface area contributed by atoms with Crippen molar-refractivity contribution in [2.75, 3.05) is 7.11 Å². The maximum Gasteiger partial charge on any atom is 0.119 e. The summed E-state index contributed by atoms with van der Waals surface area (Å²) >= 11 is 0. The molecule has 0 aliphatic rings. The molecule has 18 heavy (non-hydrogen) atoms. The number of methoxy groups -OCH3 is 1. The van der Waals surface area contributed by atoms with E-state index in [-0.39, 0.29) is 6.04 Å². The van der Waals surface area contributed by atoms with Crippen LogP contribution in [0.25, 0.3) is 0 Å². The second kappa shape index (κ2) is 5.57. The third kappa shape index (κ3) is 2.47. The lowest BCUT2D eigenvalue weighted by Gasteiger charge is -2.18. The lowest BCUT2D eigenvalue weighted by molar-refractivity contribution is 0.414. The van der Waals surface area contributed by atoms with Gasteiger partial charge in [0, 0.05) is 18.0 Å². The van der Waals surface area contributed by atoms with Crippen molar-refractivity contribution in [3.05, 3.63) is 53.6 Å². The summed E-state index contributed by atoms with van der Waals surface area (Å²) in [5, 5.41) is 0. The molecule has 0 amide bonds. The predicted octanol–water partition coefficient (Wildman–Crippen LogP) is 1.35. The number of rotatable bonds is 4. The number of nitrogens with two attached hydrogens (primary N) is 1. The first-order valence-electron chi connectivity index (χ1n) is 5.62. The van der Waals surface area contributed by atoms with Gasteiger partial charge in [-0.1, -0.05) is 6.07 Å². The molecule has 0 aliphatic heterocycles. The highest BCUT2D eigenvalue weighted by atomic mass is 16.5. The highest BCUT2D eigenvalue weighted by Gasteiger charge is 2.15. The van der Waals surface area contributed by atoms with Crippen LogP contribution in [0.1, 0.15) is 22.7 Å². The van der Waals surface area contributed by atoms with Crippen molar-refractivity contribution in [2.45, 2.75) is 13.0 Å². The molecule has 3 N–H and O–H groups in total. The molecule has 2 aromatic rings. The van der Waals surface area contributed by atoms with Gasteiger partial charge in [0.1, 0.15) is 12.1 Å². The average molecular weight is 244 g/mol. The summed E-state index contributed by atoms with van der Waals surface area (Å²) < 4.78 is 5.19. The molecule has 0 spiro atoms. The van der Waals surface area contributed by atoms with Gasteiger partial charge in [-0.15, -0.1) is 0 Å². The van der Waals surface area contributed by atoms with E-state index in [1.165, 1.54) is 6.33 Å². The Hall–Kier alpha value is -1.98. The first kappa shape index (κ1) is 12.5. The van der Waals surface area contributed by atoms with Gasteiger partial charge in [0.25, 0.3) is 0 Å². The Balaban J connectivity index is 2.39. The molecule has 5 nitrogen and oxygen atoms in total. The fourth-order valence-corrected chi connectivity index (χ4v) is 1.92. The first-order valence-corrected chi connectivity index (χ1v) is 5.62. The number of hydrogen-bond acceptors (Lipinski definition) is 5. The zero-order valence-corrected chi connectivity index (χ0v) is 10.4. The fourth-order valence-electron chi connectivity index (χ4n) is 1.92. The molecule has 0 saturated carbocycles. The summed E-state index contributed by atoms with van der Waals surface area (Å²) in [6.07, 6.45) is 5.00. The highest BCUT2D eigenvalue weighted by Crippen LogP contribution is 2.26. The minimum atomic E-state index is -0.128. The minimum absolute atomic E-state index is 0.128. The molecule has 0 aliphatic carbocycles. The number of aromatic nitrogens is 2. The van der Waals surface area contributed by atoms with Crippen LogP contribution in [-0.4, -0.2) is 17.1 Å². The molecular weight excluding hydrogens is 228 g/mol. The maximum absolute atomic E-state index is 5.64. The van der Waals surface area contributed by atoms with Gasteiger partial charge in [0.05, 0.1) is 13.2 Å². The average Bonchev–Trinajstić information content (AvgIpc) is 2.42. The van der Waals surface area contributed by atoms with E-state index in [4.69, 9.17) is 10.6 Å². The van der Waals surface area contributed by atoms with Crippen LogP contribution in [0.15, 0.2) is 36.9 Å². The number of nitrogens with one attached hydrogen (secondary N) is 1. The Morgan fingerprint density at radius 3 is 2.56 bits per heavy atom. The number of nitrogens with zero attached hydrogens (tertiary/aromatic N) is 2. The van der Waals surface area contributed by atoms with E-state index in [0.29, 0.717) is 0 Å². The molecule has 0 bridgehead atoms. The van der Waals surface area contributed by atoms with Gasteiger partial charge in [-0.2, -0.15) is 0 Å². The molecule has 1 unspecified atom stereocenters. The molecule has 1 aromatic carbocycles. The summed E-state index contributed by atoms with van der Waals surface area (Å²) in [5.74, 6) is 6.47. The second-order valence-electron chi connectivity index (χ2n) is 3.99. The van der Waals surface area contributed by atoms with E-state index in [2.05, 4.69) is 15.4 Å². The number of aryl methyl sites for hydroxylation is 1. The third-order valence-corrected chi connectivity index (χ3v) is 2.87. The molecule has 0 fully saturated rings. The largest absolute Gasteiger partial charge is 0.497 e. The SMILES string of the molecule is COc1ccc(C(NN)c2cncnc2)c(C)c1. The smallest absolute Gasteiger partial charge is 0.119 e. The monoisotopic (exact) mass is 244 g/mol.